The fourth-order valence-electron chi connectivity index (χ4n) is 3.29. The maximum Gasteiger partial charge on any atom is 0.229 e. The van der Waals surface area contributed by atoms with E-state index in [1.165, 1.54) is 6.92 Å². The van der Waals surface area contributed by atoms with Crippen LogP contribution in [-0.2, 0) is 10.0 Å². The number of rotatable bonds is 5. The van der Waals surface area contributed by atoms with Crippen molar-refractivity contribution < 1.29 is 17.6 Å². The summed E-state index contributed by atoms with van der Waals surface area (Å²) in [5.74, 6) is -0.590. The van der Waals surface area contributed by atoms with Crippen LogP contribution in [0.5, 0.6) is 0 Å². The Morgan fingerprint density at radius 2 is 1.62 bits per heavy atom. The molecule has 0 amide bonds. The van der Waals surface area contributed by atoms with Gasteiger partial charge in [-0.2, -0.15) is 0 Å². The minimum atomic E-state index is -3.69. The van der Waals surface area contributed by atoms with Gasteiger partial charge in [0.05, 0.1) is 22.4 Å². The number of sulfonamides is 1. The molecule has 6 nitrogen and oxygen atoms in total. The molecule has 2 aromatic heterocycles. The summed E-state index contributed by atoms with van der Waals surface area (Å²) in [6.07, 6.45) is 0.991. The number of hydrogen-bond donors (Lipinski definition) is 1. The zero-order chi connectivity index (χ0) is 23.2. The molecule has 0 radical (unpaired) electrons. The molecule has 0 spiro atoms. The van der Waals surface area contributed by atoms with E-state index in [1.54, 1.807) is 48.5 Å². The van der Waals surface area contributed by atoms with E-state index in [0.29, 0.717) is 37.3 Å². The molecule has 2 heterocycles. The Kier molecular flexibility index (Phi) is 5.94. The second kappa shape index (κ2) is 8.41. The molecular weight excluding hydrogens is 495 g/mol. The van der Waals surface area contributed by atoms with Gasteiger partial charge in [0.1, 0.15) is 5.69 Å². The van der Waals surface area contributed by atoms with Crippen LogP contribution in [0.1, 0.15) is 17.5 Å². The first-order valence-corrected chi connectivity index (χ1v) is 12.2. The first kappa shape index (κ1) is 22.6. The van der Waals surface area contributed by atoms with Gasteiger partial charge in [0, 0.05) is 28.1 Å². The highest BCUT2D eigenvalue weighted by Crippen LogP contribution is 2.41. The summed E-state index contributed by atoms with van der Waals surface area (Å²) in [7, 11) is -3.69. The number of furan rings is 1. The molecule has 0 bridgehead atoms. The van der Waals surface area contributed by atoms with Crippen molar-refractivity contribution in [1.29, 1.82) is 0 Å². The number of benzene rings is 2. The highest BCUT2D eigenvalue weighted by atomic mass is 35.5. The lowest BCUT2D eigenvalue weighted by Crippen LogP contribution is -2.11. The molecule has 0 saturated heterocycles. The largest absolute Gasteiger partial charge is 0.432 e. The summed E-state index contributed by atoms with van der Waals surface area (Å²) >= 11 is 18.6. The Bertz CT molecular complexity index is 1480. The van der Waals surface area contributed by atoms with Crippen LogP contribution < -0.4 is 4.72 Å². The van der Waals surface area contributed by atoms with E-state index in [9.17, 15) is 13.2 Å². The molecule has 4 aromatic rings. The first-order chi connectivity index (χ1) is 15.0. The van der Waals surface area contributed by atoms with Crippen molar-refractivity contribution in [2.45, 2.75) is 6.92 Å². The Morgan fingerprint density at radius 3 is 2.22 bits per heavy atom. The minimum Gasteiger partial charge on any atom is -0.432 e. The normalized spacial score (nSPS) is 11.7. The molecule has 0 aliphatic heterocycles. The number of nitrogens with one attached hydrogen (secondary N) is 1. The third-order valence-corrected chi connectivity index (χ3v) is 6.01. The molecule has 32 heavy (non-hydrogen) atoms. The second-order valence-electron chi connectivity index (χ2n) is 7.10. The average Bonchev–Trinajstić information content (AvgIpc) is 3.04. The van der Waals surface area contributed by atoms with E-state index in [0.717, 1.165) is 11.8 Å². The van der Waals surface area contributed by atoms with Crippen LogP contribution in [0.25, 0.3) is 33.5 Å². The quantitative estimate of drug-likeness (QED) is 0.302. The number of ketones is 1. The van der Waals surface area contributed by atoms with Crippen molar-refractivity contribution in [3.63, 3.8) is 0 Å². The highest BCUT2D eigenvalue weighted by Gasteiger charge is 2.24. The lowest BCUT2D eigenvalue weighted by atomic mass is 9.98. The lowest BCUT2D eigenvalue weighted by Gasteiger charge is -2.12. The molecule has 1 N–H and O–H groups in total. The number of aromatic nitrogens is 1. The minimum absolute atomic E-state index is 0.0338. The predicted octanol–water partition coefficient (Wildman–Crippen LogP) is 6.70. The average molecular weight is 510 g/mol. The van der Waals surface area contributed by atoms with E-state index >= 15 is 0 Å². The van der Waals surface area contributed by atoms with E-state index in [2.05, 4.69) is 9.71 Å². The number of halogens is 3. The second-order valence-corrected chi connectivity index (χ2v) is 10.1. The summed E-state index contributed by atoms with van der Waals surface area (Å²) < 4.78 is 31.9. The van der Waals surface area contributed by atoms with Crippen LogP contribution in [0, 0.1) is 0 Å². The number of Topliss-reactive ketones (excluding diaryl/α,β-unsaturated/α-hetero) is 1. The molecule has 4 rings (SSSR count). The van der Waals surface area contributed by atoms with Crippen molar-refractivity contribution in [2.75, 3.05) is 11.0 Å². The Hall–Kier alpha value is -2.58. The fourth-order valence-corrected chi connectivity index (χ4v) is 4.49. The first-order valence-electron chi connectivity index (χ1n) is 9.21. The topological polar surface area (TPSA) is 89.3 Å². The van der Waals surface area contributed by atoms with Gasteiger partial charge in [-0.3, -0.25) is 9.52 Å². The van der Waals surface area contributed by atoms with Gasteiger partial charge in [0.25, 0.3) is 0 Å². The predicted molar refractivity (Wildman–Crippen MR) is 128 cm³/mol. The molecule has 2 aromatic carbocycles. The third kappa shape index (κ3) is 4.47. The molecule has 0 aliphatic rings. The van der Waals surface area contributed by atoms with Gasteiger partial charge >= 0.3 is 0 Å². The van der Waals surface area contributed by atoms with Gasteiger partial charge in [0.2, 0.25) is 15.7 Å². The summed E-state index contributed by atoms with van der Waals surface area (Å²) in [6, 6.07) is 13.7. The molecule has 10 heteroatoms. The van der Waals surface area contributed by atoms with Gasteiger partial charge in [-0.25, -0.2) is 13.4 Å². The summed E-state index contributed by atoms with van der Waals surface area (Å²) in [6.45, 7) is 1.28. The molecule has 0 aliphatic carbocycles. The molecule has 0 fully saturated rings. The molecular formula is C22H15Cl3N2O4S. The highest BCUT2D eigenvalue weighted by molar-refractivity contribution is 7.92. The molecule has 0 unspecified atom stereocenters. The van der Waals surface area contributed by atoms with E-state index < -0.39 is 15.8 Å². The van der Waals surface area contributed by atoms with Crippen molar-refractivity contribution in [3.05, 3.63) is 69.4 Å². The zero-order valence-corrected chi connectivity index (χ0v) is 19.8. The summed E-state index contributed by atoms with van der Waals surface area (Å²) in [5.41, 5.74) is 2.55. The number of nitrogens with zero attached hydrogens (tertiary/aromatic N) is 1. The lowest BCUT2D eigenvalue weighted by molar-refractivity contribution is 0.0990. The maximum atomic E-state index is 12.2. The van der Waals surface area contributed by atoms with Gasteiger partial charge in [-0.05, 0) is 42.0 Å². The van der Waals surface area contributed by atoms with Crippen molar-refractivity contribution in [1.82, 2.24) is 4.98 Å². The fraction of sp³-hybridized carbons (Fsp3) is 0.0909. The van der Waals surface area contributed by atoms with Gasteiger partial charge in [0.15, 0.2) is 11.5 Å². The smallest absolute Gasteiger partial charge is 0.229 e. The van der Waals surface area contributed by atoms with Crippen molar-refractivity contribution in [3.8, 4) is 22.4 Å². The van der Waals surface area contributed by atoms with Crippen LogP contribution in [0.2, 0.25) is 15.1 Å². The Labute approximate surface area is 199 Å². The number of carbonyl (C=O) groups excluding carboxylic acids is 1. The van der Waals surface area contributed by atoms with E-state index in [1.807, 2.05) is 0 Å². The summed E-state index contributed by atoms with van der Waals surface area (Å²) in [4.78, 5) is 16.8. The molecule has 0 saturated carbocycles. The number of carbonyl (C=O) groups is 1. The van der Waals surface area contributed by atoms with Crippen LogP contribution >= 0.6 is 34.8 Å². The third-order valence-electron chi connectivity index (χ3n) is 4.63. The number of anilines is 1. The van der Waals surface area contributed by atoms with Crippen molar-refractivity contribution >= 4 is 67.4 Å². The van der Waals surface area contributed by atoms with E-state index in [-0.39, 0.29) is 17.2 Å². The number of pyridine rings is 1. The number of hydrogen-bond acceptors (Lipinski definition) is 5. The maximum absolute atomic E-state index is 12.2. The van der Waals surface area contributed by atoms with Crippen molar-refractivity contribution in [2.24, 2.45) is 0 Å². The van der Waals surface area contributed by atoms with Crippen LogP contribution in [0.3, 0.4) is 0 Å². The Balaban J connectivity index is 2.09. The standard InChI is InChI=1S/C22H15Cl3N2O4S/c1-11(28)21-20(27-32(2,29)30)17-10-16(12-3-5-13(23)6-4-12)19(26-22(17)31-21)15-8-7-14(24)9-18(15)25/h3-10,27H,1-2H3. The number of fused-ring (bicyclic) bond motifs is 1. The van der Waals surface area contributed by atoms with Crippen LogP contribution in [0.15, 0.2) is 52.9 Å². The molecule has 164 valence electrons. The SMILES string of the molecule is CC(=O)c1oc2nc(-c3ccc(Cl)cc3Cl)c(-c3ccc(Cl)cc3)cc2c1NS(C)(=O)=O. The summed E-state index contributed by atoms with van der Waals surface area (Å²) in [5, 5.41) is 1.71. The molecule has 0 atom stereocenters. The van der Waals surface area contributed by atoms with Gasteiger partial charge in [-0.1, -0.05) is 46.9 Å². The Morgan fingerprint density at radius 1 is 0.969 bits per heavy atom. The monoisotopic (exact) mass is 508 g/mol. The van der Waals surface area contributed by atoms with E-state index in [4.69, 9.17) is 39.2 Å². The van der Waals surface area contributed by atoms with Gasteiger partial charge < -0.3 is 4.42 Å². The van der Waals surface area contributed by atoms with Crippen LogP contribution in [-0.4, -0.2) is 25.4 Å². The van der Waals surface area contributed by atoms with Gasteiger partial charge in [-0.15, -0.1) is 0 Å². The zero-order valence-electron chi connectivity index (χ0n) is 16.7. The van der Waals surface area contributed by atoms with Crippen LogP contribution in [0.4, 0.5) is 5.69 Å².